The number of nitro groups is 1. The molecule has 0 aliphatic carbocycles. The number of hydrogen-bond acceptors (Lipinski definition) is 8. The maximum atomic E-state index is 11.6. The van der Waals surface area contributed by atoms with Crippen molar-refractivity contribution in [1.82, 2.24) is 19.5 Å². The Morgan fingerprint density at radius 3 is 2.48 bits per heavy atom. The second-order valence-electron chi connectivity index (χ2n) is 4.57. The van der Waals surface area contributed by atoms with Crippen molar-refractivity contribution in [3.63, 3.8) is 0 Å². The zero-order valence-electron chi connectivity index (χ0n) is 13.0. The van der Waals surface area contributed by atoms with Crippen LogP contribution in [0.4, 0.5) is 11.5 Å². The summed E-state index contributed by atoms with van der Waals surface area (Å²) in [6.45, 7) is 1.71. The van der Waals surface area contributed by atoms with Crippen molar-refractivity contribution in [1.29, 1.82) is 0 Å². The van der Waals surface area contributed by atoms with Crippen molar-refractivity contribution in [2.75, 3.05) is 45.4 Å². The lowest BCUT2D eigenvalue weighted by Gasteiger charge is -2.23. The molecule has 0 aliphatic heterocycles. The average molecular weight is 322 g/mol. The zero-order valence-corrected chi connectivity index (χ0v) is 13.0. The molecule has 0 amide bonds. The van der Waals surface area contributed by atoms with E-state index in [1.807, 2.05) is 0 Å². The SMILES string of the molecule is COCCN(CCOC)c1ncnc(-n2ccnc2)c1[N+](=O)[O-]. The molecule has 0 bridgehead atoms. The van der Waals surface area contributed by atoms with Crippen LogP contribution in [0.5, 0.6) is 0 Å². The molecule has 2 rings (SSSR count). The van der Waals surface area contributed by atoms with Crippen LogP contribution in [0.1, 0.15) is 0 Å². The second kappa shape index (κ2) is 8.15. The zero-order chi connectivity index (χ0) is 16.7. The molecule has 0 fully saturated rings. The molecule has 0 atom stereocenters. The highest BCUT2D eigenvalue weighted by atomic mass is 16.6. The first-order chi connectivity index (χ1) is 11.2. The van der Waals surface area contributed by atoms with Gasteiger partial charge in [0.1, 0.15) is 12.7 Å². The fourth-order valence-electron chi connectivity index (χ4n) is 2.06. The first kappa shape index (κ1) is 16.8. The summed E-state index contributed by atoms with van der Waals surface area (Å²) >= 11 is 0. The number of imidazole rings is 1. The van der Waals surface area contributed by atoms with Crippen molar-refractivity contribution in [3.05, 3.63) is 35.2 Å². The molecule has 0 unspecified atom stereocenters. The van der Waals surface area contributed by atoms with Crippen LogP contribution < -0.4 is 4.90 Å². The Bertz CT molecular complexity index is 625. The fraction of sp³-hybridized carbons (Fsp3) is 0.462. The van der Waals surface area contributed by atoms with E-state index in [-0.39, 0.29) is 17.3 Å². The van der Waals surface area contributed by atoms with E-state index in [4.69, 9.17) is 9.47 Å². The van der Waals surface area contributed by atoms with Crippen LogP contribution in [0.15, 0.2) is 25.0 Å². The average Bonchev–Trinajstić information content (AvgIpc) is 3.08. The van der Waals surface area contributed by atoms with Crippen molar-refractivity contribution >= 4 is 11.5 Å². The van der Waals surface area contributed by atoms with Gasteiger partial charge in [0.2, 0.25) is 11.6 Å². The second-order valence-corrected chi connectivity index (χ2v) is 4.57. The largest absolute Gasteiger partial charge is 0.383 e. The monoisotopic (exact) mass is 322 g/mol. The fourth-order valence-corrected chi connectivity index (χ4v) is 2.06. The van der Waals surface area contributed by atoms with Gasteiger partial charge < -0.3 is 14.4 Å². The highest BCUT2D eigenvalue weighted by Gasteiger charge is 2.27. The van der Waals surface area contributed by atoms with Crippen LogP contribution in [-0.2, 0) is 9.47 Å². The number of rotatable bonds is 9. The summed E-state index contributed by atoms with van der Waals surface area (Å²) in [7, 11) is 3.14. The number of nitrogens with zero attached hydrogens (tertiary/aromatic N) is 6. The van der Waals surface area contributed by atoms with E-state index in [1.165, 1.54) is 23.4 Å². The van der Waals surface area contributed by atoms with Gasteiger partial charge in [0.05, 0.1) is 18.1 Å². The number of ether oxygens (including phenoxy) is 2. The summed E-state index contributed by atoms with van der Waals surface area (Å²) in [6.07, 6.45) is 5.87. The lowest BCUT2D eigenvalue weighted by Crippen LogP contribution is -2.32. The van der Waals surface area contributed by atoms with Gasteiger partial charge in [-0.2, -0.15) is 0 Å². The predicted octanol–water partition coefficient (Wildman–Crippen LogP) is 0.670. The molecule has 0 saturated carbocycles. The van der Waals surface area contributed by atoms with Crippen LogP contribution >= 0.6 is 0 Å². The highest BCUT2D eigenvalue weighted by Crippen LogP contribution is 2.30. The first-order valence-corrected chi connectivity index (χ1v) is 6.89. The number of methoxy groups -OCH3 is 2. The normalized spacial score (nSPS) is 10.7. The topological polar surface area (TPSA) is 108 Å². The predicted molar refractivity (Wildman–Crippen MR) is 81.8 cm³/mol. The number of anilines is 1. The molecule has 0 radical (unpaired) electrons. The Morgan fingerprint density at radius 1 is 1.26 bits per heavy atom. The van der Waals surface area contributed by atoms with Crippen molar-refractivity contribution in [2.24, 2.45) is 0 Å². The van der Waals surface area contributed by atoms with Crippen LogP contribution in [0.25, 0.3) is 5.82 Å². The van der Waals surface area contributed by atoms with E-state index < -0.39 is 4.92 Å². The van der Waals surface area contributed by atoms with E-state index in [9.17, 15) is 10.1 Å². The molecule has 0 aromatic carbocycles. The summed E-state index contributed by atoms with van der Waals surface area (Å²) in [6, 6.07) is 0. The van der Waals surface area contributed by atoms with Crippen LogP contribution in [0, 0.1) is 10.1 Å². The Morgan fingerprint density at radius 2 is 1.96 bits per heavy atom. The quantitative estimate of drug-likeness (QED) is 0.489. The molecule has 0 N–H and O–H groups in total. The van der Waals surface area contributed by atoms with Gasteiger partial charge in [0.15, 0.2) is 0 Å². The smallest absolute Gasteiger partial charge is 0.354 e. The molecule has 2 aromatic heterocycles. The Kier molecular flexibility index (Phi) is 5.94. The lowest BCUT2D eigenvalue weighted by atomic mass is 10.3. The van der Waals surface area contributed by atoms with Gasteiger partial charge in [0, 0.05) is 39.7 Å². The third-order valence-electron chi connectivity index (χ3n) is 3.15. The third-order valence-corrected chi connectivity index (χ3v) is 3.15. The van der Waals surface area contributed by atoms with Crippen molar-refractivity contribution in [3.8, 4) is 5.82 Å². The van der Waals surface area contributed by atoms with E-state index in [0.717, 1.165) is 0 Å². The molecule has 0 spiro atoms. The van der Waals surface area contributed by atoms with E-state index in [1.54, 1.807) is 25.3 Å². The molecule has 2 aromatic rings. The van der Waals surface area contributed by atoms with Gasteiger partial charge in [0.25, 0.3) is 0 Å². The summed E-state index contributed by atoms with van der Waals surface area (Å²) in [4.78, 5) is 24.9. The Labute approximate surface area is 132 Å². The van der Waals surface area contributed by atoms with Crippen LogP contribution in [0.3, 0.4) is 0 Å². The number of aromatic nitrogens is 4. The van der Waals surface area contributed by atoms with Gasteiger partial charge in [-0.1, -0.05) is 0 Å². The Hall–Kier alpha value is -2.59. The third kappa shape index (κ3) is 3.99. The minimum Gasteiger partial charge on any atom is -0.383 e. The van der Waals surface area contributed by atoms with Gasteiger partial charge in [-0.3, -0.25) is 14.7 Å². The Balaban J connectivity index is 2.46. The van der Waals surface area contributed by atoms with Crippen molar-refractivity contribution < 1.29 is 14.4 Å². The summed E-state index contributed by atoms with van der Waals surface area (Å²) < 4.78 is 11.6. The highest BCUT2D eigenvalue weighted by molar-refractivity contribution is 5.65. The molecular formula is C13H18N6O4. The maximum absolute atomic E-state index is 11.6. The standard InChI is InChI=1S/C13H18N6O4/c1-22-7-5-17(6-8-23-2)12-11(19(20)21)13(16-9-15-12)18-4-3-14-10-18/h3-4,9-10H,5-8H2,1-2H3. The van der Waals surface area contributed by atoms with E-state index in [2.05, 4.69) is 15.0 Å². The van der Waals surface area contributed by atoms with Crippen LogP contribution in [-0.4, -0.2) is 65.0 Å². The minimum absolute atomic E-state index is 0.164. The lowest BCUT2D eigenvalue weighted by molar-refractivity contribution is -0.384. The molecule has 10 nitrogen and oxygen atoms in total. The van der Waals surface area contributed by atoms with E-state index >= 15 is 0 Å². The summed E-state index contributed by atoms with van der Waals surface area (Å²) in [5.41, 5.74) is -0.183. The number of hydrogen-bond donors (Lipinski definition) is 0. The molecule has 0 aliphatic rings. The van der Waals surface area contributed by atoms with Gasteiger partial charge in [-0.25, -0.2) is 15.0 Å². The van der Waals surface area contributed by atoms with Gasteiger partial charge in [-0.15, -0.1) is 0 Å². The molecule has 124 valence electrons. The summed E-state index contributed by atoms with van der Waals surface area (Å²) in [5, 5.41) is 11.6. The summed E-state index contributed by atoms with van der Waals surface area (Å²) in [5.74, 6) is 0.389. The van der Waals surface area contributed by atoms with Gasteiger partial charge >= 0.3 is 5.69 Å². The molecular weight excluding hydrogens is 304 g/mol. The molecule has 0 saturated heterocycles. The van der Waals surface area contributed by atoms with Crippen molar-refractivity contribution in [2.45, 2.75) is 0 Å². The minimum atomic E-state index is -0.489. The molecule has 2 heterocycles. The molecule has 23 heavy (non-hydrogen) atoms. The molecule has 10 heteroatoms. The van der Waals surface area contributed by atoms with Crippen LogP contribution in [0.2, 0.25) is 0 Å². The van der Waals surface area contributed by atoms with E-state index in [0.29, 0.717) is 26.3 Å². The van der Waals surface area contributed by atoms with Gasteiger partial charge in [-0.05, 0) is 0 Å². The first-order valence-electron chi connectivity index (χ1n) is 6.89. The maximum Gasteiger partial charge on any atom is 0.354 e.